The highest BCUT2D eigenvalue weighted by Crippen LogP contribution is 2.28. The molecule has 0 aliphatic heterocycles. The van der Waals surface area contributed by atoms with Gasteiger partial charge in [0.25, 0.3) is 5.91 Å². The Bertz CT molecular complexity index is 1350. The fourth-order valence-corrected chi connectivity index (χ4v) is 3.68. The van der Waals surface area contributed by atoms with E-state index in [9.17, 15) is 14.4 Å². The van der Waals surface area contributed by atoms with Crippen LogP contribution in [0.25, 0.3) is 0 Å². The van der Waals surface area contributed by atoms with Crippen LogP contribution in [0.4, 0.5) is 11.4 Å². The minimum atomic E-state index is -0.943. The maximum absolute atomic E-state index is 12.5. The summed E-state index contributed by atoms with van der Waals surface area (Å²) in [7, 11) is 2.97. The van der Waals surface area contributed by atoms with Crippen molar-refractivity contribution < 1.29 is 28.6 Å². The summed E-state index contributed by atoms with van der Waals surface area (Å²) in [5.41, 5.74) is 6.98. The van der Waals surface area contributed by atoms with E-state index in [0.29, 0.717) is 28.5 Å². The Kier molecular flexibility index (Phi) is 9.42. The number of nitrogens with zero attached hydrogens (tertiary/aromatic N) is 1. The molecule has 0 fully saturated rings. The number of rotatable bonds is 9. The number of amides is 3. The fourth-order valence-electron chi connectivity index (χ4n) is 3.68. The first-order chi connectivity index (χ1) is 18.2. The van der Waals surface area contributed by atoms with Crippen molar-refractivity contribution in [3.8, 4) is 17.2 Å². The van der Waals surface area contributed by atoms with Gasteiger partial charge in [0.1, 0.15) is 5.75 Å². The Hall–Kier alpha value is -4.86. The van der Waals surface area contributed by atoms with Gasteiger partial charge in [-0.2, -0.15) is 5.10 Å². The zero-order valence-electron chi connectivity index (χ0n) is 21.9. The van der Waals surface area contributed by atoms with Gasteiger partial charge in [-0.15, -0.1) is 0 Å². The number of carbonyl (C=O) groups excluding carboxylic acids is 3. The molecule has 0 radical (unpaired) electrons. The average molecular weight is 519 g/mol. The van der Waals surface area contributed by atoms with Gasteiger partial charge < -0.3 is 24.8 Å². The lowest BCUT2D eigenvalue weighted by Gasteiger charge is -2.14. The predicted octanol–water partition coefficient (Wildman–Crippen LogP) is 3.74. The van der Waals surface area contributed by atoms with Gasteiger partial charge in [0.15, 0.2) is 18.1 Å². The SMILES string of the molecule is COc1cccc(NC(=O)C(=O)N/N=C/c2ccc(OCC(=O)Nc3c(C)cc(C)cc3C)c(OC)c2)c1. The standard InChI is InChI=1S/C28H30N4O6/c1-17-11-18(2)26(19(3)12-17)31-25(33)16-38-23-10-9-20(13-24(23)37-5)15-29-32-28(35)27(34)30-21-7-6-8-22(14-21)36-4/h6-15H,16H2,1-5H3,(H,30,34)(H,31,33)(H,32,35)/b29-15+. The first-order valence-corrected chi connectivity index (χ1v) is 11.7. The smallest absolute Gasteiger partial charge is 0.329 e. The van der Waals surface area contributed by atoms with Crippen LogP contribution in [0.5, 0.6) is 17.2 Å². The average Bonchev–Trinajstić information content (AvgIpc) is 2.89. The molecule has 3 aromatic carbocycles. The molecule has 0 aliphatic carbocycles. The molecule has 0 atom stereocenters. The van der Waals surface area contributed by atoms with Gasteiger partial charge in [-0.25, -0.2) is 5.43 Å². The van der Waals surface area contributed by atoms with E-state index in [2.05, 4.69) is 21.2 Å². The Labute approximate surface area is 221 Å². The summed E-state index contributed by atoms with van der Waals surface area (Å²) in [5, 5.41) is 9.17. The van der Waals surface area contributed by atoms with Gasteiger partial charge in [-0.3, -0.25) is 14.4 Å². The van der Waals surface area contributed by atoms with Crippen LogP contribution in [0, 0.1) is 20.8 Å². The molecule has 10 nitrogen and oxygen atoms in total. The monoisotopic (exact) mass is 518 g/mol. The maximum Gasteiger partial charge on any atom is 0.329 e. The summed E-state index contributed by atoms with van der Waals surface area (Å²) in [4.78, 5) is 36.6. The van der Waals surface area contributed by atoms with Gasteiger partial charge >= 0.3 is 11.8 Å². The number of carbonyl (C=O) groups is 3. The van der Waals surface area contributed by atoms with E-state index in [0.717, 1.165) is 22.4 Å². The Morgan fingerprint density at radius 1 is 0.842 bits per heavy atom. The molecular formula is C28H30N4O6. The second kappa shape index (κ2) is 12.9. The van der Waals surface area contributed by atoms with Crippen molar-refractivity contribution in [1.82, 2.24) is 5.43 Å². The van der Waals surface area contributed by atoms with Gasteiger partial charge in [0, 0.05) is 17.4 Å². The number of hydrogen-bond donors (Lipinski definition) is 3. The summed E-state index contributed by atoms with van der Waals surface area (Å²) in [6, 6.07) is 15.5. The predicted molar refractivity (Wildman–Crippen MR) is 145 cm³/mol. The molecule has 3 N–H and O–H groups in total. The highest BCUT2D eigenvalue weighted by Gasteiger charge is 2.14. The quantitative estimate of drug-likeness (QED) is 0.225. The van der Waals surface area contributed by atoms with Crippen molar-refractivity contribution in [2.45, 2.75) is 20.8 Å². The molecule has 3 rings (SSSR count). The topological polar surface area (TPSA) is 127 Å². The van der Waals surface area contributed by atoms with E-state index in [1.165, 1.54) is 20.4 Å². The Balaban J connectivity index is 1.55. The van der Waals surface area contributed by atoms with Crippen LogP contribution in [0.3, 0.4) is 0 Å². The van der Waals surface area contributed by atoms with Crippen LogP contribution in [-0.2, 0) is 14.4 Å². The number of anilines is 2. The minimum Gasteiger partial charge on any atom is -0.497 e. The highest BCUT2D eigenvalue weighted by atomic mass is 16.5. The molecule has 3 aromatic rings. The van der Waals surface area contributed by atoms with Gasteiger partial charge in [0.05, 0.1) is 20.4 Å². The third-order valence-corrected chi connectivity index (χ3v) is 5.40. The fraction of sp³-hybridized carbons (Fsp3) is 0.214. The molecule has 0 bridgehead atoms. The van der Waals surface area contributed by atoms with Crippen molar-refractivity contribution in [1.29, 1.82) is 0 Å². The molecular weight excluding hydrogens is 488 g/mol. The molecule has 3 amide bonds. The number of hydrazone groups is 1. The second-order valence-corrected chi connectivity index (χ2v) is 8.41. The third-order valence-electron chi connectivity index (χ3n) is 5.40. The zero-order valence-corrected chi connectivity index (χ0v) is 21.9. The Morgan fingerprint density at radius 3 is 2.26 bits per heavy atom. The molecule has 0 spiro atoms. The first-order valence-electron chi connectivity index (χ1n) is 11.7. The summed E-state index contributed by atoms with van der Waals surface area (Å²) in [6.07, 6.45) is 1.35. The van der Waals surface area contributed by atoms with Crippen molar-refractivity contribution in [3.63, 3.8) is 0 Å². The van der Waals surface area contributed by atoms with Gasteiger partial charge in [-0.05, 0) is 67.8 Å². The summed E-state index contributed by atoms with van der Waals surface area (Å²) < 4.78 is 16.1. The largest absolute Gasteiger partial charge is 0.497 e. The lowest BCUT2D eigenvalue weighted by molar-refractivity contribution is -0.136. The number of hydrogen-bond acceptors (Lipinski definition) is 7. The van der Waals surface area contributed by atoms with Crippen LogP contribution in [0.1, 0.15) is 22.3 Å². The first kappa shape index (κ1) is 27.7. The van der Waals surface area contributed by atoms with E-state index in [1.54, 1.807) is 42.5 Å². The lowest BCUT2D eigenvalue weighted by Crippen LogP contribution is -2.32. The molecule has 38 heavy (non-hydrogen) atoms. The molecule has 10 heteroatoms. The summed E-state index contributed by atoms with van der Waals surface area (Å²) in [5.74, 6) is -0.861. The van der Waals surface area contributed by atoms with Crippen LogP contribution >= 0.6 is 0 Å². The number of nitrogens with one attached hydrogen (secondary N) is 3. The molecule has 0 unspecified atom stereocenters. The number of methoxy groups -OCH3 is 2. The van der Waals surface area contributed by atoms with Crippen LogP contribution in [0.15, 0.2) is 59.7 Å². The van der Waals surface area contributed by atoms with Crippen LogP contribution in [0.2, 0.25) is 0 Å². The number of ether oxygens (including phenoxy) is 3. The van der Waals surface area contributed by atoms with E-state index < -0.39 is 11.8 Å². The van der Waals surface area contributed by atoms with Crippen LogP contribution < -0.4 is 30.3 Å². The van der Waals surface area contributed by atoms with E-state index in [-0.39, 0.29) is 12.5 Å². The van der Waals surface area contributed by atoms with E-state index >= 15 is 0 Å². The normalized spacial score (nSPS) is 10.6. The molecule has 0 aromatic heterocycles. The third kappa shape index (κ3) is 7.57. The maximum atomic E-state index is 12.5. The Morgan fingerprint density at radius 2 is 1.58 bits per heavy atom. The molecule has 0 saturated carbocycles. The van der Waals surface area contributed by atoms with E-state index in [1.807, 2.05) is 32.9 Å². The number of benzene rings is 3. The molecule has 0 saturated heterocycles. The van der Waals surface area contributed by atoms with Crippen molar-refractivity contribution in [2.24, 2.45) is 5.10 Å². The van der Waals surface area contributed by atoms with Gasteiger partial charge in [0.2, 0.25) is 0 Å². The summed E-state index contributed by atoms with van der Waals surface area (Å²) in [6.45, 7) is 5.67. The highest BCUT2D eigenvalue weighted by molar-refractivity contribution is 6.39. The minimum absolute atomic E-state index is 0.213. The van der Waals surface area contributed by atoms with Crippen molar-refractivity contribution >= 4 is 35.3 Å². The molecule has 0 aliphatic rings. The van der Waals surface area contributed by atoms with Crippen molar-refractivity contribution in [2.75, 3.05) is 31.5 Å². The van der Waals surface area contributed by atoms with Crippen LogP contribution in [-0.4, -0.2) is 44.8 Å². The molecule has 198 valence electrons. The molecule has 0 heterocycles. The number of aryl methyl sites for hydroxylation is 3. The second-order valence-electron chi connectivity index (χ2n) is 8.41. The zero-order chi connectivity index (χ0) is 27.7. The lowest BCUT2D eigenvalue weighted by atomic mass is 10.1. The summed E-state index contributed by atoms with van der Waals surface area (Å²) >= 11 is 0. The van der Waals surface area contributed by atoms with Gasteiger partial charge in [-0.1, -0.05) is 23.8 Å². The van der Waals surface area contributed by atoms with Crippen molar-refractivity contribution in [3.05, 3.63) is 76.9 Å². The van der Waals surface area contributed by atoms with E-state index in [4.69, 9.17) is 14.2 Å².